The van der Waals surface area contributed by atoms with Gasteiger partial charge in [-0.15, -0.1) is 0 Å². The zero-order chi connectivity index (χ0) is 10.5. The molecule has 0 saturated heterocycles. The minimum atomic E-state index is 1.01. The number of hydrogen-bond donors (Lipinski definition) is 0. The zero-order valence-electron chi connectivity index (χ0n) is 8.98. The summed E-state index contributed by atoms with van der Waals surface area (Å²) in [6, 6.07) is 19.0. The van der Waals surface area contributed by atoms with E-state index in [0.29, 0.717) is 0 Å². The van der Waals surface area contributed by atoms with Gasteiger partial charge in [0.1, 0.15) is 0 Å². The van der Waals surface area contributed by atoms with Crippen molar-refractivity contribution in [3.05, 3.63) is 77.7 Å². The molecule has 0 bridgehead atoms. The first kappa shape index (κ1) is 9.97. The van der Waals surface area contributed by atoms with Crippen molar-refractivity contribution in [3.63, 3.8) is 0 Å². The van der Waals surface area contributed by atoms with E-state index in [1.807, 2.05) is 6.07 Å². The summed E-state index contributed by atoms with van der Waals surface area (Å²) >= 11 is 0. The molecule has 2 rings (SSSR count). The molecule has 2 aromatic rings. The summed E-state index contributed by atoms with van der Waals surface area (Å²) in [5, 5.41) is 0. The van der Waals surface area contributed by atoms with Crippen molar-refractivity contribution >= 4 is 0 Å². The Bertz CT molecular complexity index is 415. The molecule has 0 heteroatoms. The quantitative estimate of drug-likeness (QED) is 0.699. The lowest BCUT2D eigenvalue weighted by Gasteiger charge is -2.04. The molecule has 0 spiro atoms. The van der Waals surface area contributed by atoms with Crippen LogP contribution in [0.3, 0.4) is 0 Å². The van der Waals surface area contributed by atoms with Crippen LogP contribution in [0.15, 0.2) is 54.6 Å². The Morgan fingerprint density at radius 2 is 1.53 bits per heavy atom. The first-order chi connectivity index (χ1) is 7.36. The predicted molar refractivity (Wildman–Crippen MR) is 64.7 cm³/mol. The molecule has 75 valence electrons. The molecule has 0 fully saturated rings. The van der Waals surface area contributed by atoms with E-state index in [-0.39, 0.29) is 0 Å². The maximum atomic E-state index is 2.27. The summed E-state index contributed by atoms with van der Waals surface area (Å²) in [4.78, 5) is 0. The van der Waals surface area contributed by atoms with E-state index in [2.05, 4.69) is 61.9 Å². The van der Waals surface area contributed by atoms with Gasteiger partial charge in [0, 0.05) is 0 Å². The van der Waals surface area contributed by atoms with E-state index in [1.165, 1.54) is 16.7 Å². The van der Waals surface area contributed by atoms with E-state index in [1.54, 1.807) is 0 Å². The molecule has 0 atom stereocenters. The summed E-state index contributed by atoms with van der Waals surface area (Å²) < 4.78 is 0. The molecule has 0 saturated carbocycles. The Kier molecular flexibility index (Phi) is 3.18. The Balaban J connectivity index is 2.03. The predicted octanol–water partition coefficient (Wildman–Crippen LogP) is 3.79. The molecule has 2 aromatic carbocycles. The third-order valence-electron chi connectivity index (χ3n) is 2.62. The monoisotopic (exact) mass is 195 g/mol. The van der Waals surface area contributed by atoms with Gasteiger partial charge in [0.2, 0.25) is 0 Å². The van der Waals surface area contributed by atoms with Crippen LogP contribution in [0.1, 0.15) is 16.7 Å². The zero-order valence-corrected chi connectivity index (χ0v) is 8.98. The van der Waals surface area contributed by atoms with E-state index >= 15 is 0 Å². The van der Waals surface area contributed by atoms with Crippen molar-refractivity contribution in [1.82, 2.24) is 0 Å². The summed E-state index contributed by atoms with van der Waals surface area (Å²) in [5.41, 5.74) is 4.06. The Morgan fingerprint density at radius 1 is 0.867 bits per heavy atom. The van der Waals surface area contributed by atoms with Gasteiger partial charge in [-0.1, -0.05) is 54.6 Å². The topological polar surface area (TPSA) is 0 Å². The lowest BCUT2D eigenvalue weighted by atomic mass is 10.0. The van der Waals surface area contributed by atoms with Gasteiger partial charge in [0.25, 0.3) is 0 Å². The van der Waals surface area contributed by atoms with Crippen molar-refractivity contribution in [2.75, 3.05) is 0 Å². The molecule has 0 unspecified atom stereocenters. The van der Waals surface area contributed by atoms with Crippen molar-refractivity contribution in [2.45, 2.75) is 13.3 Å². The number of aryl methyl sites for hydroxylation is 1. The second kappa shape index (κ2) is 4.79. The van der Waals surface area contributed by atoms with Crippen LogP contribution < -0.4 is 0 Å². The van der Waals surface area contributed by atoms with E-state index in [4.69, 9.17) is 0 Å². The molecular weight excluding hydrogens is 180 g/mol. The standard InChI is InChI=1S/C15H15/c1-13-7-5-6-10-15(13)12-11-14-8-3-2-4-9-14/h2-11H,12H2,1H3. The van der Waals surface area contributed by atoms with Gasteiger partial charge in [-0.25, -0.2) is 0 Å². The van der Waals surface area contributed by atoms with Gasteiger partial charge < -0.3 is 0 Å². The smallest absolute Gasteiger partial charge is 0.00493 e. The molecule has 15 heavy (non-hydrogen) atoms. The lowest BCUT2D eigenvalue weighted by molar-refractivity contribution is 1.13. The highest BCUT2D eigenvalue weighted by Crippen LogP contribution is 2.12. The highest BCUT2D eigenvalue weighted by atomic mass is 14.0. The Labute approximate surface area is 91.6 Å². The molecule has 0 amide bonds. The fourth-order valence-corrected chi connectivity index (χ4v) is 1.66. The second-order valence-corrected chi connectivity index (χ2v) is 3.75. The van der Waals surface area contributed by atoms with Crippen LogP contribution in [-0.4, -0.2) is 0 Å². The number of hydrogen-bond acceptors (Lipinski definition) is 0. The Hall–Kier alpha value is -1.56. The van der Waals surface area contributed by atoms with Crippen LogP contribution in [0, 0.1) is 13.3 Å². The third-order valence-corrected chi connectivity index (χ3v) is 2.62. The van der Waals surface area contributed by atoms with Gasteiger partial charge >= 0.3 is 0 Å². The molecule has 0 aliphatic rings. The van der Waals surface area contributed by atoms with Gasteiger partial charge in [-0.3, -0.25) is 0 Å². The molecule has 0 aliphatic heterocycles. The van der Waals surface area contributed by atoms with Crippen molar-refractivity contribution < 1.29 is 0 Å². The van der Waals surface area contributed by atoms with Crippen LogP contribution in [0.5, 0.6) is 0 Å². The minimum Gasteiger partial charge on any atom is -0.0622 e. The van der Waals surface area contributed by atoms with Crippen LogP contribution in [-0.2, 0) is 6.42 Å². The summed E-state index contributed by atoms with van der Waals surface area (Å²) in [7, 11) is 0. The van der Waals surface area contributed by atoms with Crippen LogP contribution in [0.25, 0.3) is 0 Å². The van der Waals surface area contributed by atoms with E-state index < -0.39 is 0 Å². The molecule has 0 aromatic heterocycles. The first-order valence-corrected chi connectivity index (χ1v) is 5.29. The highest BCUT2D eigenvalue weighted by molar-refractivity contribution is 5.31. The van der Waals surface area contributed by atoms with Gasteiger partial charge in [-0.2, -0.15) is 0 Å². The highest BCUT2D eigenvalue weighted by Gasteiger charge is 1.97. The van der Waals surface area contributed by atoms with Gasteiger partial charge in [0.05, 0.1) is 0 Å². The van der Waals surface area contributed by atoms with Gasteiger partial charge in [0.15, 0.2) is 0 Å². The van der Waals surface area contributed by atoms with E-state index in [9.17, 15) is 0 Å². The fourth-order valence-electron chi connectivity index (χ4n) is 1.66. The van der Waals surface area contributed by atoms with Crippen LogP contribution in [0.4, 0.5) is 0 Å². The SMILES string of the molecule is Cc1ccccc1C[CH]c1ccccc1. The largest absolute Gasteiger partial charge is 0.0622 e. The summed E-state index contributed by atoms with van der Waals surface area (Å²) in [6.07, 6.45) is 3.28. The van der Waals surface area contributed by atoms with E-state index in [0.717, 1.165) is 6.42 Å². The number of benzene rings is 2. The maximum absolute atomic E-state index is 2.27. The van der Waals surface area contributed by atoms with Crippen LogP contribution in [0.2, 0.25) is 0 Å². The maximum Gasteiger partial charge on any atom is -0.00493 e. The van der Waals surface area contributed by atoms with Crippen LogP contribution >= 0.6 is 0 Å². The molecule has 0 heterocycles. The summed E-state index contributed by atoms with van der Waals surface area (Å²) in [5.74, 6) is 0. The average molecular weight is 195 g/mol. The number of rotatable bonds is 3. The Morgan fingerprint density at radius 3 is 2.27 bits per heavy atom. The van der Waals surface area contributed by atoms with Gasteiger partial charge in [-0.05, 0) is 36.5 Å². The second-order valence-electron chi connectivity index (χ2n) is 3.75. The summed E-state index contributed by atoms with van der Waals surface area (Å²) in [6.45, 7) is 2.16. The third kappa shape index (κ3) is 2.69. The molecular formula is C15H15. The lowest BCUT2D eigenvalue weighted by Crippen LogP contribution is -1.91. The minimum absolute atomic E-state index is 1.01. The molecule has 0 aliphatic carbocycles. The first-order valence-electron chi connectivity index (χ1n) is 5.29. The normalized spacial score (nSPS) is 10.2. The van der Waals surface area contributed by atoms with Crippen molar-refractivity contribution in [2.24, 2.45) is 0 Å². The molecule has 1 radical (unpaired) electrons. The average Bonchev–Trinajstić information content (AvgIpc) is 2.29. The molecule has 0 N–H and O–H groups in total. The van der Waals surface area contributed by atoms with Crippen molar-refractivity contribution in [1.29, 1.82) is 0 Å². The molecule has 0 nitrogen and oxygen atoms in total. The fraction of sp³-hybridized carbons (Fsp3) is 0.133. The van der Waals surface area contributed by atoms with Crippen molar-refractivity contribution in [3.8, 4) is 0 Å².